The molecule has 1 aliphatic rings. The fraction of sp³-hybridized carbons (Fsp3) is 0.286. The number of benzene rings is 2. The first-order valence-corrected chi connectivity index (χ1v) is 8.90. The Labute approximate surface area is 162 Å². The van der Waals surface area contributed by atoms with Gasteiger partial charge in [-0.3, -0.25) is 9.59 Å². The third-order valence-corrected chi connectivity index (χ3v) is 4.27. The number of anilines is 1. The van der Waals surface area contributed by atoms with Crippen LogP contribution < -0.4 is 14.4 Å². The predicted octanol–water partition coefficient (Wildman–Crippen LogP) is 2.63. The molecule has 3 rings (SSSR count). The number of para-hydroxylation sites is 3. The highest BCUT2D eigenvalue weighted by atomic mass is 16.6. The minimum Gasteiger partial charge on any atom is -0.489 e. The van der Waals surface area contributed by atoms with Crippen LogP contribution in [0.15, 0.2) is 48.5 Å². The van der Waals surface area contributed by atoms with Crippen LogP contribution in [0.1, 0.15) is 24.2 Å². The minimum atomic E-state index is -0.914. The molecule has 7 nitrogen and oxygen atoms in total. The molecule has 146 valence electrons. The highest BCUT2D eigenvalue weighted by molar-refractivity contribution is 5.97. The quantitative estimate of drug-likeness (QED) is 0.433. The van der Waals surface area contributed by atoms with Crippen molar-refractivity contribution in [3.8, 4) is 11.5 Å². The maximum absolute atomic E-state index is 12.4. The summed E-state index contributed by atoms with van der Waals surface area (Å²) in [4.78, 5) is 37.3. The molecule has 0 saturated heterocycles. The molecule has 0 aliphatic carbocycles. The minimum absolute atomic E-state index is 0.00729. The van der Waals surface area contributed by atoms with E-state index in [4.69, 9.17) is 14.2 Å². The van der Waals surface area contributed by atoms with E-state index < -0.39 is 12.1 Å². The Morgan fingerprint density at radius 1 is 1.04 bits per heavy atom. The second-order valence-electron chi connectivity index (χ2n) is 6.27. The maximum Gasteiger partial charge on any atom is 0.349 e. The van der Waals surface area contributed by atoms with Crippen LogP contribution in [0, 0.1) is 0 Å². The molecule has 0 radical (unpaired) electrons. The van der Waals surface area contributed by atoms with Crippen molar-refractivity contribution < 1.29 is 28.6 Å². The van der Waals surface area contributed by atoms with Crippen LogP contribution in [0.4, 0.5) is 5.69 Å². The summed E-state index contributed by atoms with van der Waals surface area (Å²) < 4.78 is 16.5. The van der Waals surface area contributed by atoms with E-state index in [1.54, 1.807) is 48.5 Å². The monoisotopic (exact) mass is 383 g/mol. The second kappa shape index (κ2) is 8.56. The van der Waals surface area contributed by atoms with Crippen molar-refractivity contribution in [1.29, 1.82) is 0 Å². The molecule has 0 fully saturated rings. The van der Waals surface area contributed by atoms with Gasteiger partial charge in [-0.1, -0.05) is 24.3 Å². The van der Waals surface area contributed by atoms with Gasteiger partial charge in [-0.15, -0.1) is 0 Å². The van der Waals surface area contributed by atoms with Crippen molar-refractivity contribution in [2.75, 3.05) is 24.7 Å². The van der Waals surface area contributed by atoms with Crippen molar-refractivity contribution >= 4 is 23.3 Å². The summed E-state index contributed by atoms with van der Waals surface area (Å²) in [6, 6.07) is 13.9. The van der Waals surface area contributed by atoms with Crippen LogP contribution in [0.5, 0.6) is 11.5 Å². The molecule has 2 aromatic rings. The molecule has 2 aromatic carbocycles. The van der Waals surface area contributed by atoms with Crippen LogP contribution in [-0.2, 0) is 14.3 Å². The van der Waals surface area contributed by atoms with Gasteiger partial charge < -0.3 is 19.1 Å². The number of rotatable bonds is 6. The van der Waals surface area contributed by atoms with Crippen molar-refractivity contribution in [2.45, 2.75) is 20.0 Å². The van der Waals surface area contributed by atoms with Gasteiger partial charge in [0.2, 0.25) is 12.0 Å². The Hall–Kier alpha value is -3.35. The number of fused-ring (bicyclic) bond motifs is 1. The first kappa shape index (κ1) is 19.4. The lowest BCUT2D eigenvalue weighted by Crippen LogP contribution is -2.47. The van der Waals surface area contributed by atoms with Crippen molar-refractivity contribution in [3.63, 3.8) is 0 Å². The van der Waals surface area contributed by atoms with E-state index in [0.29, 0.717) is 22.7 Å². The summed E-state index contributed by atoms with van der Waals surface area (Å²) >= 11 is 0. The van der Waals surface area contributed by atoms with Gasteiger partial charge in [0.15, 0.2) is 5.78 Å². The van der Waals surface area contributed by atoms with E-state index >= 15 is 0 Å². The molecular formula is C21H21NO6. The standard InChI is InChI=1S/C21H21NO6/c1-14(23)16-7-3-5-9-18(16)26-11-12-27-21(25)20-13-22(15(2)24)17-8-4-6-10-19(17)28-20/h3-10,20H,11-13H2,1-2H3/t20-/m1/s1. The molecule has 0 aromatic heterocycles. The number of Topliss-reactive ketones (excluding diaryl/α,β-unsaturated/α-hetero) is 1. The number of ether oxygens (including phenoxy) is 3. The predicted molar refractivity (Wildman–Crippen MR) is 102 cm³/mol. The van der Waals surface area contributed by atoms with E-state index in [0.717, 1.165) is 0 Å². The number of hydrogen-bond acceptors (Lipinski definition) is 6. The van der Waals surface area contributed by atoms with Crippen LogP contribution in [0.2, 0.25) is 0 Å². The molecule has 28 heavy (non-hydrogen) atoms. The van der Waals surface area contributed by atoms with Gasteiger partial charge in [0.05, 0.1) is 17.8 Å². The molecule has 1 heterocycles. The first-order valence-electron chi connectivity index (χ1n) is 8.90. The third-order valence-electron chi connectivity index (χ3n) is 4.27. The lowest BCUT2D eigenvalue weighted by Gasteiger charge is -2.33. The van der Waals surface area contributed by atoms with Crippen LogP contribution in [0.25, 0.3) is 0 Å². The van der Waals surface area contributed by atoms with Gasteiger partial charge in [-0.2, -0.15) is 0 Å². The van der Waals surface area contributed by atoms with Gasteiger partial charge in [-0.25, -0.2) is 4.79 Å². The summed E-state index contributed by atoms with van der Waals surface area (Å²) in [5, 5.41) is 0. The SMILES string of the molecule is CC(=O)c1ccccc1OCCOC(=O)[C@H]1CN(C(C)=O)c2ccccc2O1. The zero-order chi connectivity index (χ0) is 20.1. The van der Waals surface area contributed by atoms with Gasteiger partial charge in [0.1, 0.15) is 24.7 Å². The summed E-state index contributed by atoms with van der Waals surface area (Å²) in [5.41, 5.74) is 1.10. The normalized spacial score (nSPS) is 15.2. The highest BCUT2D eigenvalue weighted by Crippen LogP contribution is 2.33. The fourth-order valence-electron chi connectivity index (χ4n) is 2.93. The molecule has 1 atom stereocenters. The van der Waals surface area contributed by atoms with Crippen molar-refractivity contribution in [3.05, 3.63) is 54.1 Å². The summed E-state index contributed by atoms with van der Waals surface area (Å²) in [6.45, 7) is 3.06. The lowest BCUT2D eigenvalue weighted by atomic mass is 10.1. The largest absolute Gasteiger partial charge is 0.489 e. The van der Waals surface area contributed by atoms with Gasteiger partial charge in [0, 0.05) is 6.92 Å². The van der Waals surface area contributed by atoms with E-state index in [9.17, 15) is 14.4 Å². The second-order valence-corrected chi connectivity index (χ2v) is 6.27. The molecule has 0 saturated carbocycles. The van der Waals surface area contributed by atoms with Crippen LogP contribution in [-0.4, -0.2) is 43.5 Å². The third kappa shape index (κ3) is 4.31. The van der Waals surface area contributed by atoms with Crippen LogP contribution >= 0.6 is 0 Å². The van der Waals surface area contributed by atoms with E-state index in [2.05, 4.69) is 0 Å². The number of ketones is 1. The molecule has 7 heteroatoms. The van der Waals surface area contributed by atoms with Crippen molar-refractivity contribution in [2.24, 2.45) is 0 Å². The molecule has 0 N–H and O–H groups in total. The Morgan fingerprint density at radius 2 is 1.75 bits per heavy atom. The summed E-state index contributed by atoms with van der Waals surface area (Å²) in [5.74, 6) is 0.0299. The zero-order valence-corrected chi connectivity index (χ0v) is 15.7. The summed E-state index contributed by atoms with van der Waals surface area (Å²) in [7, 11) is 0. The number of carbonyl (C=O) groups excluding carboxylic acids is 3. The van der Waals surface area contributed by atoms with Gasteiger partial charge in [0.25, 0.3) is 0 Å². The molecule has 0 spiro atoms. The summed E-state index contributed by atoms with van der Waals surface area (Å²) in [6.07, 6.45) is -0.914. The number of esters is 1. The van der Waals surface area contributed by atoms with Gasteiger partial charge >= 0.3 is 5.97 Å². The van der Waals surface area contributed by atoms with Crippen molar-refractivity contribution in [1.82, 2.24) is 0 Å². The first-order chi connectivity index (χ1) is 13.5. The van der Waals surface area contributed by atoms with Crippen LogP contribution in [0.3, 0.4) is 0 Å². The highest BCUT2D eigenvalue weighted by Gasteiger charge is 2.33. The average molecular weight is 383 g/mol. The number of amides is 1. The number of nitrogens with zero attached hydrogens (tertiary/aromatic N) is 1. The smallest absolute Gasteiger partial charge is 0.349 e. The number of hydrogen-bond donors (Lipinski definition) is 0. The average Bonchev–Trinajstić information content (AvgIpc) is 2.70. The molecule has 1 aliphatic heterocycles. The zero-order valence-electron chi connectivity index (χ0n) is 15.7. The maximum atomic E-state index is 12.4. The van der Waals surface area contributed by atoms with E-state index in [-0.39, 0.29) is 31.4 Å². The number of carbonyl (C=O) groups is 3. The Kier molecular flexibility index (Phi) is 5.93. The molecule has 0 bridgehead atoms. The topological polar surface area (TPSA) is 82.1 Å². The molecule has 1 amide bonds. The van der Waals surface area contributed by atoms with Gasteiger partial charge in [-0.05, 0) is 31.2 Å². The Balaban J connectivity index is 1.56. The molecular weight excluding hydrogens is 362 g/mol. The fourth-order valence-corrected chi connectivity index (χ4v) is 2.93. The Bertz CT molecular complexity index is 894. The van der Waals surface area contributed by atoms with E-state index in [1.807, 2.05) is 0 Å². The lowest BCUT2D eigenvalue weighted by molar-refractivity contribution is -0.152. The Morgan fingerprint density at radius 3 is 2.50 bits per heavy atom. The van der Waals surface area contributed by atoms with E-state index in [1.165, 1.54) is 18.7 Å². The molecule has 0 unspecified atom stereocenters.